The van der Waals surface area contributed by atoms with E-state index in [2.05, 4.69) is 10.0 Å². The molecule has 3 aliphatic carbocycles. The van der Waals surface area contributed by atoms with E-state index in [1.807, 2.05) is 6.07 Å². The summed E-state index contributed by atoms with van der Waals surface area (Å²) in [6.07, 6.45) is 5.71. The Morgan fingerprint density at radius 2 is 1.36 bits per heavy atom. The first-order valence-electron chi connectivity index (χ1n) is 19.2. The molecule has 1 amide bonds. The zero-order valence-electron chi connectivity index (χ0n) is 31.6. The second-order valence-corrected chi connectivity index (χ2v) is 18.4. The zero-order valence-corrected chi connectivity index (χ0v) is 33.2. The van der Waals surface area contributed by atoms with E-state index in [9.17, 15) is 18.0 Å². The van der Waals surface area contributed by atoms with Crippen LogP contribution in [0, 0.1) is 17.8 Å². The highest BCUT2D eigenvalue weighted by Gasteiger charge is 2.55. The highest BCUT2D eigenvalue weighted by Crippen LogP contribution is 2.49. The number of amides is 1. The van der Waals surface area contributed by atoms with E-state index >= 15 is 8.78 Å². The lowest BCUT2D eigenvalue weighted by molar-refractivity contribution is -0.139. The maximum absolute atomic E-state index is 16.9. The highest BCUT2D eigenvalue weighted by atomic mass is 35.5. The Labute approximate surface area is 331 Å². The molecule has 4 aromatic rings. The third-order valence-electron chi connectivity index (χ3n) is 11.1. The summed E-state index contributed by atoms with van der Waals surface area (Å²) in [6, 6.07) is 18.5. The molecule has 0 heterocycles. The number of sulfonamides is 1. The molecule has 0 aliphatic heterocycles. The summed E-state index contributed by atoms with van der Waals surface area (Å²) in [7, 11) is -4.66. The van der Waals surface area contributed by atoms with E-state index < -0.39 is 50.9 Å². The lowest BCUT2D eigenvalue weighted by atomic mass is 9.72. The van der Waals surface area contributed by atoms with Crippen LogP contribution in [0.1, 0.15) is 77.7 Å². The van der Waals surface area contributed by atoms with Crippen LogP contribution < -0.4 is 19.5 Å². The Kier molecular flexibility index (Phi) is 11.4. The minimum Gasteiger partial charge on any atom is -0.490 e. The number of benzene rings is 4. The first kappa shape index (κ1) is 40.0. The van der Waals surface area contributed by atoms with Crippen molar-refractivity contribution in [1.29, 1.82) is 0 Å². The van der Waals surface area contributed by atoms with Crippen LogP contribution in [0.2, 0.25) is 5.02 Å². The molecule has 3 atom stereocenters. The van der Waals surface area contributed by atoms with Gasteiger partial charge in [0.2, 0.25) is 10.0 Å². The minimum atomic E-state index is -4.66. The lowest BCUT2D eigenvalue weighted by Crippen LogP contribution is -2.55. The summed E-state index contributed by atoms with van der Waals surface area (Å²) in [4.78, 5) is 26.9. The summed E-state index contributed by atoms with van der Waals surface area (Å²) in [5.74, 6) is -4.96. The molecule has 0 aromatic heterocycles. The van der Waals surface area contributed by atoms with E-state index in [0.717, 1.165) is 43.2 Å². The van der Waals surface area contributed by atoms with Gasteiger partial charge in [-0.1, -0.05) is 23.7 Å². The van der Waals surface area contributed by atoms with Crippen LogP contribution in [0.4, 0.5) is 13.6 Å². The van der Waals surface area contributed by atoms with Crippen LogP contribution in [0.3, 0.4) is 0 Å². The first-order valence-corrected chi connectivity index (χ1v) is 21.1. The van der Waals surface area contributed by atoms with E-state index in [1.54, 1.807) is 63.2 Å². The number of ketones is 1. The second-order valence-electron chi connectivity index (χ2n) is 16.3. The number of hydrogen-bond donors (Lipinski definition) is 2. The number of alkyl halides is 2. The Balaban J connectivity index is 1.15. The Bertz CT molecular complexity index is 2160. The normalized spacial score (nSPS) is 22.1. The fourth-order valence-electron chi connectivity index (χ4n) is 8.50. The van der Waals surface area contributed by atoms with Crippen LogP contribution >= 0.6 is 11.6 Å². The van der Waals surface area contributed by atoms with Crippen LogP contribution in [0.25, 0.3) is 10.8 Å². The summed E-state index contributed by atoms with van der Waals surface area (Å²) >= 11 is 5.97. The molecule has 3 aliphatic rings. The fraction of sp³-hybridized carbons (Fsp3) is 0.442. The molecule has 2 bridgehead atoms. The SMILES string of the molecule is CC(C)(C)OC(=O)NC1CC2CCC(C1)C2C(=O)C(NS(=O)(=O)c1ccc2cc(OC3CCCC3)ccc2c1)C(F)(F)c1ccc(Oc2ccc(Cl)cc2)cc1. The second kappa shape index (κ2) is 15.9. The van der Waals surface area contributed by atoms with Crippen molar-refractivity contribution in [2.75, 3.05) is 0 Å². The largest absolute Gasteiger partial charge is 0.490 e. The molecule has 3 fully saturated rings. The number of alkyl carbamates (subject to hydrolysis) is 1. The summed E-state index contributed by atoms with van der Waals surface area (Å²) in [5, 5.41) is 4.70. The molecular formula is C43H47ClF2N2O7S. The first-order chi connectivity index (χ1) is 26.5. The molecule has 0 spiro atoms. The summed E-state index contributed by atoms with van der Waals surface area (Å²) in [6.45, 7) is 5.27. The van der Waals surface area contributed by atoms with Gasteiger partial charge in [-0.2, -0.15) is 13.5 Å². The quantitative estimate of drug-likeness (QED) is 0.146. The maximum Gasteiger partial charge on any atom is 0.407 e. The summed E-state index contributed by atoms with van der Waals surface area (Å²) in [5.41, 5.74) is -1.26. The third kappa shape index (κ3) is 9.13. The maximum atomic E-state index is 16.9. The smallest absolute Gasteiger partial charge is 0.407 e. The van der Waals surface area contributed by atoms with Gasteiger partial charge in [0.15, 0.2) is 5.78 Å². The van der Waals surface area contributed by atoms with Crippen LogP contribution in [0.5, 0.6) is 17.2 Å². The number of carbonyl (C=O) groups excluding carboxylic acids is 2. The Hall–Kier alpha value is -4.26. The lowest BCUT2D eigenvalue weighted by Gasteiger charge is -2.38. The van der Waals surface area contributed by atoms with Crippen molar-refractivity contribution < 1.29 is 41.0 Å². The minimum absolute atomic E-state index is 0.145. The molecule has 9 nitrogen and oxygen atoms in total. The van der Waals surface area contributed by atoms with Gasteiger partial charge in [-0.05, 0) is 168 Å². The molecule has 3 unspecified atom stereocenters. The third-order valence-corrected chi connectivity index (χ3v) is 12.7. The molecule has 4 aromatic carbocycles. The standard InChI is InChI=1S/C43H47ClF2N2O7S/c1-42(2,3)55-41(50)47-32-22-28-8-9-29(23-32)38(28)39(49)40(43(45,46)30-12-17-34(18-13-30)53-35-19-14-31(44)15-20-35)48-56(51,52)37-21-11-26-24-36(16-10-27(26)25-37)54-33-6-4-5-7-33/h10-21,24-25,28-29,32-33,38,40,48H,4-9,22-23H2,1-3H3,(H,47,50). The van der Waals surface area contributed by atoms with E-state index in [0.29, 0.717) is 47.6 Å². The van der Waals surface area contributed by atoms with Crippen molar-refractivity contribution in [3.63, 3.8) is 0 Å². The topological polar surface area (TPSA) is 120 Å². The average Bonchev–Trinajstić information content (AvgIpc) is 3.75. The van der Waals surface area contributed by atoms with Crippen molar-refractivity contribution in [2.45, 2.75) is 107 Å². The fourth-order valence-corrected chi connectivity index (χ4v) is 9.87. The molecule has 7 rings (SSSR count). The van der Waals surface area contributed by atoms with Gasteiger partial charge in [0, 0.05) is 22.5 Å². The van der Waals surface area contributed by atoms with Crippen LogP contribution in [0.15, 0.2) is 89.8 Å². The van der Waals surface area contributed by atoms with E-state index in [-0.39, 0.29) is 34.6 Å². The van der Waals surface area contributed by atoms with Gasteiger partial charge < -0.3 is 19.5 Å². The van der Waals surface area contributed by atoms with Crippen molar-refractivity contribution in [1.82, 2.24) is 10.0 Å². The van der Waals surface area contributed by atoms with Gasteiger partial charge in [0.05, 0.1) is 11.0 Å². The number of nitrogens with one attached hydrogen (secondary N) is 2. The van der Waals surface area contributed by atoms with Gasteiger partial charge >= 0.3 is 6.09 Å². The van der Waals surface area contributed by atoms with Gasteiger partial charge in [0.1, 0.15) is 28.9 Å². The Morgan fingerprint density at radius 1 is 0.786 bits per heavy atom. The van der Waals surface area contributed by atoms with Crippen LogP contribution in [-0.2, 0) is 25.5 Å². The van der Waals surface area contributed by atoms with Gasteiger partial charge in [-0.15, -0.1) is 0 Å². The number of carbonyl (C=O) groups is 2. The molecule has 56 heavy (non-hydrogen) atoms. The number of halogens is 3. The average molecular weight is 809 g/mol. The monoisotopic (exact) mass is 808 g/mol. The zero-order chi connectivity index (χ0) is 39.8. The van der Waals surface area contributed by atoms with E-state index in [4.69, 9.17) is 25.8 Å². The molecular weight excluding hydrogens is 762 g/mol. The van der Waals surface area contributed by atoms with Crippen LogP contribution in [-0.4, -0.2) is 44.1 Å². The number of hydrogen-bond acceptors (Lipinski definition) is 7. The molecule has 2 N–H and O–H groups in total. The van der Waals surface area contributed by atoms with Crippen molar-refractivity contribution in [2.24, 2.45) is 17.8 Å². The summed E-state index contributed by atoms with van der Waals surface area (Å²) < 4.78 is 81.5. The number of Topliss-reactive ketones (excluding diaryl/α,β-unsaturated/α-hetero) is 1. The number of fused-ring (bicyclic) bond motifs is 3. The van der Waals surface area contributed by atoms with Crippen molar-refractivity contribution in [3.8, 4) is 17.2 Å². The predicted octanol–water partition coefficient (Wildman–Crippen LogP) is 9.94. The molecule has 3 saturated carbocycles. The van der Waals surface area contributed by atoms with Gasteiger partial charge in [-0.3, -0.25) is 4.79 Å². The van der Waals surface area contributed by atoms with Crippen molar-refractivity contribution in [3.05, 3.63) is 95.5 Å². The van der Waals surface area contributed by atoms with Gasteiger partial charge in [0.25, 0.3) is 5.92 Å². The number of rotatable bonds is 12. The van der Waals surface area contributed by atoms with Gasteiger partial charge in [-0.25, -0.2) is 13.2 Å². The molecule has 298 valence electrons. The predicted molar refractivity (Wildman–Crippen MR) is 210 cm³/mol. The highest BCUT2D eigenvalue weighted by molar-refractivity contribution is 7.89. The van der Waals surface area contributed by atoms with E-state index in [1.165, 1.54) is 24.3 Å². The van der Waals surface area contributed by atoms with Crippen molar-refractivity contribution >= 4 is 44.3 Å². The number of ether oxygens (including phenoxy) is 3. The molecule has 13 heteroatoms. The molecule has 0 radical (unpaired) electrons. The molecule has 0 saturated heterocycles. The Morgan fingerprint density at radius 3 is 1.98 bits per heavy atom.